The third kappa shape index (κ3) is 4.12. The summed E-state index contributed by atoms with van der Waals surface area (Å²) in [5, 5.41) is 13.4. The Bertz CT molecular complexity index is 1340. The first-order valence-electron chi connectivity index (χ1n) is 11.5. The molecule has 0 aliphatic carbocycles. The van der Waals surface area contributed by atoms with E-state index in [2.05, 4.69) is 28.5 Å². The lowest BCUT2D eigenvalue weighted by Gasteiger charge is -2.19. The minimum absolute atomic E-state index is 0.000286. The number of nitriles is 1. The third-order valence-electron chi connectivity index (χ3n) is 6.72. The molecular weight excluding hydrogens is 431 g/mol. The molecule has 2 atom stereocenters. The lowest BCUT2D eigenvalue weighted by molar-refractivity contribution is -0.131. The number of rotatable bonds is 5. The van der Waals surface area contributed by atoms with E-state index in [-0.39, 0.29) is 37.5 Å². The molecule has 7 heteroatoms. The molecule has 1 N–H and O–H groups in total. The van der Waals surface area contributed by atoms with E-state index in [9.17, 15) is 19.2 Å². The maximum atomic E-state index is 14.3. The topological polar surface area (TPSA) is 86.1 Å². The number of hydrogen-bond acceptors (Lipinski definition) is 5. The van der Waals surface area contributed by atoms with Crippen LogP contribution in [-0.2, 0) is 11.2 Å². The lowest BCUT2D eigenvalue weighted by Crippen LogP contribution is -2.36. The summed E-state index contributed by atoms with van der Waals surface area (Å²) in [6, 6.07) is 15.1. The Morgan fingerprint density at radius 3 is 2.82 bits per heavy atom. The number of fused-ring (bicyclic) bond motifs is 2. The van der Waals surface area contributed by atoms with E-state index >= 15 is 0 Å². The molecule has 0 radical (unpaired) electrons. The molecule has 2 aromatic carbocycles. The van der Waals surface area contributed by atoms with Gasteiger partial charge in [0.05, 0.1) is 18.1 Å². The van der Waals surface area contributed by atoms with Crippen molar-refractivity contribution in [2.45, 2.75) is 44.3 Å². The highest BCUT2D eigenvalue weighted by molar-refractivity contribution is 6.08. The summed E-state index contributed by atoms with van der Waals surface area (Å²) in [4.78, 5) is 31.4. The van der Waals surface area contributed by atoms with Crippen LogP contribution in [0.5, 0.6) is 0 Å². The van der Waals surface area contributed by atoms with E-state index < -0.39 is 11.7 Å². The summed E-state index contributed by atoms with van der Waals surface area (Å²) in [5.41, 5.74) is 4.16. The van der Waals surface area contributed by atoms with Gasteiger partial charge in [-0.15, -0.1) is 0 Å². The average Bonchev–Trinajstić information content (AvgIpc) is 3.44. The Kier molecular flexibility index (Phi) is 5.52. The summed E-state index contributed by atoms with van der Waals surface area (Å²) >= 11 is 0. The van der Waals surface area contributed by atoms with Crippen LogP contribution in [-0.4, -0.2) is 46.4 Å². The maximum Gasteiger partial charge on any atom is 0.224 e. The predicted octanol–water partition coefficient (Wildman–Crippen LogP) is 4.69. The second-order valence-corrected chi connectivity index (χ2v) is 9.35. The lowest BCUT2D eigenvalue weighted by atomic mass is 9.96. The number of aromatic nitrogens is 1. The van der Waals surface area contributed by atoms with Crippen LogP contribution in [0.1, 0.15) is 42.1 Å². The van der Waals surface area contributed by atoms with Gasteiger partial charge in [0.2, 0.25) is 5.91 Å². The van der Waals surface area contributed by atoms with Gasteiger partial charge in [0.15, 0.2) is 5.78 Å². The fraction of sp³-hybridized carbons (Fsp3) is 0.333. The van der Waals surface area contributed by atoms with Crippen molar-refractivity contribution < 1.29 is 14.0 Å². The number of nitrogens with zero attached hydrogens (tertiary/aromatic N) is 3. The Morgan fingerprint density at radius 2 is 2.00 bits per heavy atom. The predicted molar refractivity (Wildman–Crippen MR) is 128 cm³/mol. The van der Waals surface area contributed by atoms with Crippen LogP contribution in [0.3, 0.4) is 0 Å². The molecule has 0 bridgehead atoms. The second kappa shape index (κ2) is 8.53. The van der Waals surface area contributed by atoms with Gasteiger partial charge >= 0.3 is 0 Å². The van der Waals surface area contributed by atoms with Crippen molar-refractivity contribution in [3.63, 3.8) is 0 Å². The highest BCUT2D eigenvalue weighted by Gasteiger charge is 2.43. The largest absolute Gasteiger partial charge is 0.384 e. The zero-order chi connectivity index (χ0) is 23.9. The summed E-state index contributed by atoms with van der Waals surface area (Å²) in [7, 11) is 0. The first-order valence-corrected chi connectivity index (χ1v) is 11.5. The van der Waals surface area contributed by atoms with Crippen molar-refractivity contribution >= 4 is 28.3 Å². The standard InChI is InChI=1S/C27H25FN4O2/c1-27(28)14-20(15-29)32(16-27)26(34)7-6-25(33)21-9-11-31-24-5-3-18(13-22(21)24)17-2-4-23-19(12-17)8-10-30-23/h2-5,9,11-13,20,30H,6-8,10,14,16H2,1H3/t20-,27?/m0/s1. The highest BCUT2D eigenvalue weighted by Crippen LogP contribution is 2.32. The van der Waals surface area contributed by atoms with Gasteiger partial charge in [-0.05, 0) is 60.4 Å². The average molecular weight is 457 g/mol. The van der Waals surface area contributed by atoms with Crippen molar-refractivity contribution in [3.8, 4) is 17.2 Å². The molecule has 1 aromatic heterocycles. The van der Waals surface area contributed by atoms with Crippen LogP contribution in [0.2, 0.25) is 0 Å². The van der Waals surface area contributed by atoms with Gasteiger partial charge in [-0.3, -0.25) is 14.6 Å². The third-order valence-corrected chi connectivity index (χ3v) is 6.72. The number of halogens is 1. The van der Waals surface area contributed by atoms with Crippen LogP contribution >= 0.6 is 0 Å². The van der Waals surface area contributed by atoms with E-state index in [1.807, 2.05) is 24.3 Å². The van der Waals surface area contributed by atoms with Crippen molar-refractivity contribution in [2.75, 3.05) is 18.4 Å². The van der Waals surface area contributed by atoms with Crippen LogP contribution in [0.15, 0.2) is 48.7 Å². The van der Waals surface area contributed by atoms with E-state index in [0.29, 0.717) is 11.1 Å². The fourth-order valence-electron chi connectivity index (χ4n) is 4.97. The number of benzene rings is 2. The van der Waals surface area contributed by atoms with Crippen LogP contribution in [0.4, 0.5) is 10.1 Å². The van der Waals surface area contributed by atoms with Crippen molar-refractivity contribution in [2.24, 2.45) is 0 Å². The smallest absolute Gasteiger partial charge is 0.224 e. The van der Waals surface area contributed by atoms with Crippen LogP contribution in [0.25, 0.3) is 22.0 Å². The number of likely N-dealkylation sites (tertiary alicyclic amines) is 1. The molecule has 1 saturated heterocycles. The summed E-state index contributed by atoms with van der Waals surface area (Å²) in [6.45, 7) is 2.22. The van der Waals surface area contributed by atoms with Crippen LogP contribution < -0.4 is 5.32 Å². The molecule has 2 aliphatic heterocycles. The number of pyridine rings is 1. The Hall–Kier alpha value is -3.79. The molecule has 0 saturated carbocycles. The SMILES string of the molecule is CC1(F)C[C@@H](C#N)N(C(=O)CCC(=O)c2ccnc3ccc(-c4ccc5c(c4)CCN5)cc23)C1. The normalized spacial score (nSPS) is 21.2. The molecule has 34 heavy (non-hydrogen) atoms. The molecule has 2 aliphatic rings. The quantitative estimate of drug-likeness (QED) is 0.563. The molecular formula is C27H25FN4O2. The van der Waals surface area contributed by atoms with Crippen molar-refractivity contribution in [1.29, 1.82) is 5.26 Å². The monoisotopic (exact) mass is 456 g/mol. The number of carbonyl (C=O) groups excluding carboxylic acids is 2. The van der Waals surface area contributed by atoms with Gasteiger partial charge in [-0.2, -0.15) is 5.26 Å². The van der Waals surface area contributed by atoms with Gasteiger partial charge in [-0.1, -0.05) is 12.1 Å². The van der Waals surface area contributed by atoms with Gasteiger partial charge in [0.1, 0.15) is 11.7 Å². The molecule has 172 valence electrons. The first-order chi connectivity index (χ1) is 16.3. The first kappa shape index (κ1) is 22.0. The Balaban J connectivity index is 1.37. The molecule has 3 aromatic rings. The molecule has 0 spiro atoms. The van der Waals surface area contributed by atoms with Gasteiger partial charge < -0.3 is 10.2 Å². The van der Waals surface area contributed by atoms with E-state index in [1.54, 1.807) is 12.3 Å². The number of carbonyl (C=O) groups is 2. The Labute approximate surface area is 197 Å². The number of nitrogens with one attached hydrogen (secondary N) is 1. The number of Topliss-reactive ketones (excluding diaryl/α,β-unsaturated/α-hetero) is 1. The number of hydrogen-bond donors (Lipinski definition) is 1. The molecule has 6 nitrogen and oxygen atoms in total. The highest BCUT2D eigenvalue weighted by atomic mass is 19.1. The number of anilines is 1. The van der Waals surface area contributed by atoms with E-state index in [0.717, 1.165) is 35.2 Å². The van der Waals surface area contributed by atoms with Crippen molar-refractivity contribution in [3.05, 3.63) is 59.8 Å². The molecule has 1 fully saturated rings. The second-order valence-electron chi connectivity index (χ2n) is 9.35. The molecule has 1 amide bonds. The molecule has 1 unspecified atom stereocenters. The zero-order valence-electron chi connectivity index (χ0n) is 19.0. The minimum Gasteiger partial charge on any atom is -0.384 e. The maximum absolute atomic E-state index is 14.3. The minimum atomic E-state index is -1.58. The van der Waals surface area contributed by atoms with Gasteiger partial charge in [0, 0.05) is 48.6 Å². The van der Waals surface area contributed by atoms with Gasteiger partial charge in [-0.25, -0.2) is 4.39 Å². The van der Waals surface area contributed by atoms with E-state index in [1.165, 1.54) is 17.4 Å². The van der Waals surface area contributed by atoms with Crippen LogP contribution in [0, 0.1) is 11.3 Å². The zero-order valence-corrected chi connectivity index (χ0v) is 19.0. The Morgan fingerprint density at radius 1 is 1.21 bits per heavy atom. The summed E-state index contributed by atoms with van der Waals surface area (Å²) < 4.78 is 14.3. The summed E-state index contributed by atoms with van der Waals surface area (Å²) in [6.07, 6.45) is 2.51. The molecule has 5 rings (SSSR count). The molecule has 3 heterocycles. The number of ketones is 1. The van der Waals surface area contributed by atoms with Gasteiger partial charge in [0.25, 0.3) is 0 Å². The number of alkyl halides is 1. The number of amides is 1. The summed E-state index contributed by atoms with van der Waals surface area (Å²) in [5.74, 6) is -0.543. The fourth-order valence-corrected chi connectivity index (χ4v) is 4.97. The van der Waals surface area contributed by atoms with Crippen molar-refractivity contribution in [1.82, 2.24) is 9.88 Å². The van der Waals surface area contributed by atoms with E-state index in [4.69, 9.17) is 0 Å².